The lowest BCUT2D eigenvalue weighted by atomic mass is 10.1. The van der Waals surface area contributed by atoms with E-state index in [1.165, 1.54) is 4.31 Å². The molecule has 3 rings (SSSR count). The SMILES string of the molecule is Cc1ccc(CN(CC(=O)N[C@@H](C)c2cccc(Br)c2)S(=O)(=O)c2ccc(C)cc2)cc1. The number of carbonyl (C=O) groups excluding carboxylic acids is 1. The highest BCUT2D eigenvalue weighted by atomic mass is 79.9. The Labute approximate surface area is 198 Å². The van der Waals surface area contributed by atoms with Crippen LogP contribution in [0, 0.1) is 13.8 Å². The maximum absolute atomic E-state index is 13.4. The Morgan fingerprint density at radius 3 is 2.16 bits per heavy atom. The molecule has 0 radical (unpaired) electrons. The lowest BCUT2D eigenvalue weighted by Crippen LogP contribution is -2.41. The molecule has 168 valence electrons. The molecule has 0 unspecified atom stereocenters. The number of amides is 1. The number of aryl methyl sites for hydroxylation is 2. The van der Waals surface area contributed by atoms with Crippen molar-refractivity contribution in [1.82, 2.24) is 9.62 Å². The second kappa shape index (κ2) is 10.4. The van der Waals surface area contributed by atoms with E-state index in [1.807, 2.05) is 69.3 Å². The predicted octanol–water partition coefficient (Wildman–Crippen LogP) is 5.13. The Morgan fingerprint density at radius 1 is 0.969 bits per heavy atom. The van der Waals surface area contributed by atoms with Crippen LogP contribution >= 0.6 is 15.9 Å². The first-order chi connectivity index (χ1) is 15.1. The van der Waals surface area contributed by atoms with Gasteiger partial charge in [-0.3, -0.25) is 4.79 Å². The lowest BCUT2D eigenvalue weighted by molar-refractivity contribution is -0.122. The summed E-state index contributed by atoms with van der Waals surface area (Å²) in [7, 11) is -3.86. The summed E-state index contributed by atoms with van der Waals surface area (Å²) in [5.74, 6) is -0.361. The molecule has 0 saturated carbocycles. The number of halogens is 1. The van der Waals surface area contributed by atoms with E-state index >= 15 is 0 Å². The summed E-state index contributed by atoms with van der Waals surface area (Å²) in [6.45, 7) is 5.58. The van der Waals surface area contributed by atoms with Crippen molar-refractivity contribution < 1.29 is 13.2 Å². The Balaban J connectivity index is 1.83. The van der Waals surface area contributed by atoms with Gasteiger partial charge in [0.25, 0.3) is 0 Å². The quantitative estimate of drug-likeness (QED) is 0.452. The second-order valence-electron chi connectivity index (χ2n) is 7.92. The van der Waals surface area contributed by atoms with Crippen molar-refractivity contribution in [3.05, 3.63) is 99.5 Å². The van der Waals surface area contributed by atoms with Crippen LogP contribution in [0.25, 0.3) is 0 Å². The van der Waals surface area contributed by atoms with Gasteiger partial charge >= 0.3 is 0 Å². The number of sulfonamides is 1. The summed E-state index contributed by atoms with van der Waals surface area (Å²) in [6, 6.07) is 21.7. The third-order valence-corrected chi connectivity index (χ3v) is 7.48. The van der Waals surface area contributed by atoms with E-state index in [4.69, 9.17) is 0 Å². The van der Waals surface area contributed by atoms with Crippen molar-refractivity contribution >= 4 is 31.9 Å². The van der Waals surface area contributed by atoms with Gasteiger partial charge in [0.1, 0.15) is 0 Å². The molecule has 0 saturated heterocycles. The van der Waals surface area contributed by atoms with Crippen molar-refractivity contribution in [3.8, 4) is 0 Å². The zero-order valence-corrected chi connectivity index (χ0v) is 20.8. The van der Waals surface area contributed by atoms with Crippen LogP contribution in [0.1, 0.15) is 35.2 Å². The molecular weight excluding hydrogens is 488 g/mol. The van der Waals surface area contributed by atoms with Gasteiger partial charge in [0, 0.05) is 11.0 Å². The highest BCUT2D eigenvalue weighted by Crippen LogP contribution is 2.21. The molecule has 1 amide bonds. The van der Waals surface area contributed by atoms with Crippen LogP contribution in [0.4, 0.5) is 0 Å². The second-order valence-corrected chi connectivity index (χ2v) is 10.8. The van der Waals surface area contributed by atoms with Gasteiger partial charge in [-0.2, -0.15) is 4.31 Å². The number of hydrogen-bond donors (Lipinski definition) is 1. The van der Waals surface area contributed by atoms with E-state index in [1.54, 1.807) is 24.3 Å². The van der Waals surface area contributed by atoms with Gasteiger partial charge in [0.2, 0.25) is 15.9 Å². The predicted molar refractivity (Wildman–Crippen MR) is 131 cm³/mol. The third-order valence-electron chi connectivity index (χ3n) is 5.18. The molecule has 5 nitrogen and oxygen atoms in total. The molecular formula is C25H27BrN2O3S. The summed E-state index contributed by atoms with van der Waals surface area (Å²) in [4.78, 5) is 13.0. The zero-order valence-electron chi connectivity index (χ0n) is 18.4. The molecule has 0 bridgehead atoms. The molecule has 3 aromatic rings. The fourth-order valence-corrected chi connectivity index (χ4v) is 5.09. The topological polar surface area (TPSA) is 66.5 Å². The Bertz CT molecular complexity index is 1180. The van der Waals surface area contributed by atoms with Crippen LogP contribution in [-0.2, 0) is 21.4 Å². The summed E-state index contributed by atoms with van der Waals surface area (Å²) in [6.07, 6.45) is 0. The van der Waals surface area contributed by atoms with E-state index in [-0.39, 0.29) is 29.9 Å². The maximum Gasteiger partial charge on any atom is 0.243 e. The average molecular weight is 515 g/mol. The van der Waals surface area contributed by atoms with Gasteiger partial charge in [-0.1, -0.05) is 75.6 Å². The van der Waals surface area contributed by atoms with E-state index in [2.05, 4.69) is 21.2 Å². The van der Waals surface area contributed by atoms with Gasteiger partial charge < -0.3 is 5.32 Å². The molecule has 1 atom stereocenters. The van der Waals surface area contributed by atoms with Gasteiger partial charge in [0.15, 0.2) is 0 Å². The Kier molecular flexibility index (Phi) is 7.87. The molecule has 0 aliphatic heterocycles. The fraction of sp³-hybridized carbons (Fsp3) is 0.240. The van der Waals surface area contributed by atoms with Crippen LogP contribution in [-0.4, -0.2) is 25.2 Å². The number of carbonyl (C=O) groups is 1. The van der Waals surface area contributed by atoms with Gasteiger partial charge in [0.05, 0.1) is 17.5 Å². The van der Waals surface area contributed by atoms with E-state index < -0.39 is 10.0 Å². The van der Waals surface area contributed by atoms with Crippen LogP contribution in [0.3, 0.4) is 0 Å². The zero-order chi connectivity index (χ0) is 23.3. The summed E-state index contributed by atoms with van der Waals surface area (Å²) in [5, 5.41) is 2.92. The molecule has 0 aliphatic rings. The molecule has 32 heavy (non-hydrogen) atoms. The van der Waals surface area contributed by atoms with E-state index in [9.17, 15) is 13.2 Å². The third kappa shape index (κ3) is 6.28. The molecule has 0 aromatic heterocycles. The number of benzene rings is 3. The number of hydrogen-bond acceptors (Lipinski definition) is 3. The molecule has 0 aliphatic carbocycles. The van der Waals surface area contributed by atoms with Crippen molar-refractivity contribution in [1.29, 1.82) is 0 Å². The van der Waals surface area contributed by atoms with Crippen molar-refractivity contribution in [2.24, 2.45) is 0 Å². The van der Waals surface area contributed by atoms with Crippen LogP contribution in [0.5, 0.6) is 0 Å². The average Bonchev–Trinajstić information content (AvgIpc) is 2.75. The first-order valence-corrected chi connectivity index (χ1v) is 12.6. The smallest absolute Gasteiger partial charge is 0.243 e. The normalized spacial score (nSPS) is 12.5. The van der Waals surface area contributed by atoms with Crippen LogP contribution in [0.2, 0.25) is 0 Å². The molecule has 1 N–H and O–H groups in total. The highest BCUT2D eigenvalue weighted by Gasteiger charge is 2.27. The summed E-state index contributed by atoms with van der Waals surface area (Å²) < 4.78 is 28.9. The summed E-state index contributed by atoms with van der Waals surface area (Å²) in [5.41, 5.74) is 3.80. The Hall–Kier alpha value is -2.48. The number of nitrogens with one attached hydrogen (secondary N) is 1. The van der Waals surface area contributed by atoms with E-state index in [0.717, 1.165) is 26.7 Å². The van der Waals surface area contributed by atoms with Crippen molar-refractivity contribution in [3.63, 3.8) is 0 Å². The van der Waals surface area contributed by atoms with E-state index in [0.29, 0.717) is 0 Å². The van der Waals surface area contributed by atoms with Crippen molar-refractivity contribution in [2.75, 3.05) is 6.54 Å². The minimum absolute atomic E-state index is 0.106. The largest absolute Gasteiger partial charge is 0.348 e. The molecule has 7 heteroatoms. The van der Waals surface area contributed by atoms with Crippen LogP contribution in [0.15, 0.2) is 82.2 Å². The van der Waals surface area contributed by atoms with Crippen molar-refractivity contribution in [2.45, 2.75) is 38.3 Å². The monoisotopic (exact) mass is 514 g/mol. The summed E-state index contributed by atoms with van der Waals surface area (Å²) >= 11 is 3.44. The number of nitrogens with zero attached hydrogens (tertiary/aromatic N) is 1. The lowest BCUT2D eigenvalue weighted by Gasteiger charge is -2.23. The molecule has 3 aromatic carbocycles. The maximum atomic E-state index is 13.4. The highest BCUT2D eigenvalue weighted by molar-refractivity contribution is 9.10. The Morgan fingerprint density at radius 2 is 1.56 bits per heavy atom. The molecule has 0 heterocycles. The van der Waals surface area contributed by atoms with Gasteiger partial charge in [-0.25, -0.2) is 8.42 Å². The molecule has 0 spiro atoms. The minimum atomic E-state index is -3.86. The number of rotatable bonds is 8. The first-order valence-electron chi connectivity index (χ1n) is 10.3. The minimum Gasteiger partial charge on any atom is -0.348 e. The molecule has 0 fully saturated rings. The van der Waals surface area contributed by atoms with Crippen LogP contribution < -0.4 is 5.32 Å². The standard InChI is InChI=1S/C25H27BrN2O3S/c1-18-7-11-21(12-8-18)16-28(32(30,31)24-13-9-19(2)10-14-24)17-25(29)27-20(3)22-5-4-6-23(26)15-22/h4-15,20H,16-17H2,1-3H3,(H,27,29)/t20-/m0/s1. The fourth-order valence-electron chi connectivity index (χ4n) is 3.29. The van der Waals surface area contributed by atoms with Gasteiger partial charge in [-0.05, 0) is 56.2 Å². The first kappa shape index (κ1) is 24.2. The van der Waals surface area contributed by atoms with Gasteiger partial charge in [-0.15, -0.1) is 0 Å².